The van der Waals surface area contributed by atoms with E-state index in [1.165, 1.54) is 6.92 Å². The Bertz CT molecular complexity index is 508. The van der Waals surface area contributed by atoms with Crippen molar-refractivity contribution < 1.29 is 8.42 Å². The Morgan fingerprint density at radius 3 is 2.69 bits per heavy atom. The third-order valence-corrected chi connectivity index (χ3v) is 3.63. The Labute approximate surface area is 99.9 Å². The molecular weight excluding hydrogens is 248 g/mol. The molecule has 0 heterocycles. The first-order valence-electron chi connectivity index (χ1n) is 4.57. The maximum Gasteiger partial charge on any atom is 0.216 e. The molecule has 0 saturated carbocycles. The number of nitrogens with zero attached hydrogens (tertiary/aromatic N) is 1. The minimum absolute atomic E-state index is 0.224. The summed E-state index contributed by atoms with van der Waals surface area (Å²) >= 11 is 5.84. The third kappa shape index (κ3) is 3.81. The number of halogens is 1. The Morgan fingerprint density at radius 2 is 2.12 bits per heavy atom. The van der Waals surface area contributed by atoms with Crippen LogP contribution in [0.25, 0.3) is 0 Å². The van der Waals surface area contributed by atoms with Gasteiger partial charge in [0.1, 0.15) is 6.04 Å². The molecule has 0 radical (unpaired) electrons. The Morgan fingerprint density at radius 1 is 1.50 bits per heavy atom. The lowest BCUT2D eigenvalue weighted by Crippen LogP contribution is -2.32. The van der Waals surface area contributed by atoms with Gasteiger partial charge in [-0.25, -0.2) is 8.42 Å². The lowest BCUT2D eigenvalue weighted by Gasteiger charge is -2.08. The minimum Gasteiger partial charge on any atom is -0.212 e. The van der Waals surface area contributed by atoms with Crippen LogP contribution in [-0.2, 0) is 15.8 Å². The van der Waals surface area contributed by atoms with E-state index in [9.17, 15) is 8.42 Å². The summed E-state index contributed by atoms with van der Waals surface area (Å²) in [5.41, 5.74) is 0.516. The summed E-state index contributed by atoms with van der Waals surface area (Å²) in [6.45, 7) is 1.48. The van der Waals surface area contributed by atoms with E-state index < -0.39 is 16.1 Å². The maximum atomic E-state index is 11.6. The predicted octanol–water partition coefficient (Wildman–Crippen LogP) is 1.67. The molecule has 1 aromatic carbocycles. The second-order valence-electron chi connectivity index (χ2n) is 3.32. The third-order valence-electron chi connectivity index (χ3n) is 1.85. The van der Waals surface area contributed by atoms with E-state index in [1.807, 2.05) is 0 Å². The van der Waals surface area contributed by atoms with Crippen molar-refractivity contribution >= 4 is 21.6 Å². The first kappa shape index (κ1) is 13.0. The van der Waals surface area contributed by atoms with Gasteiger partial charge in [0.2, 0.25) is 10.0 Å². The van der Waals surface area contributed by atoms with Crippen LogP contribution in [0, 0.1) is 11.3 Å². The van der Waals surface area contributed by atoms with Gasteiger partial charge in [-0.1, -0.05) is 29.8 Å². The number of rotatable bonds is 4. The van der Waals surface area contributed by atoms with Crippen LogP contribution in [0.4, 0.5) is 0 Å². The molecule has 6 heteroatoms. The SMILES string of the molecule is CC(C#N)NS(=O)(=O)Cc1ccccc1Cl. The topological polar surface area (TPSA) is 70.0 Å². The lowest BCUT2D eigenvalue weighted by molar-refractivity contribution is 0.576. The Hall–Kier alpha value is -1.09. The molecule has 16 heavy (non-hydrogen) atoms. The van der Waals surface area contributed by atoms with Gasteiger partial charge in [-0.3, -0.25) is 0 Å². The van der Waals surface area contributed by atoms with Gasteiger partial charge in [0.25, 0.3) is 0 Å². The largest absolute Gasteiger partial charge is 0.216 e. The standard InChI is InChI=1S/C10H11ClN2O2S/c1-8(6-12)13-16(14,15)7-9-4-2-3-5-10(9)11/h2-5,8,13H,7H2,1H3. The molecule has 0 aromatic heterocycles. The van der Waals surface area contributed by atoms with Crippen molar-refractivity contribution in [1.29, 1.82) is 5.26 Å². The van der Waals surface area contributed by atoms with Crippen LogP contribution in [0.15, 0.2) is 24.3 Å². The van der Waals surface area contributed by atoms with Crippen LogP contribution in [0.1, 0.15) is 12.5 Å². The van der Waals surface area contributed by atoms with Crippen molar-refractivity contribution in [1.82, 2.24) is 4.72 Å². The number of hydrogen-bond acceptors (Lipinski definition) is 3. The summed E-state index contributed by atoms with van der Waals surface area (Å²) in [5, 5.41) is 8.92. The van der Waals surface area contributed by atoms with E-state index >= 15 is 0 Å². The zero-order valence-electron chi connectivity index (χ0n) is 8.64. The summed E-state index contributed by atoms with van der Waals surface area (Å²) < 4.78 is 25.4. The van der Waals surface area contributed by atoms with Crippen molar-refractivity contribution in [2.75, 3.05) is 0 Å². The van der Waals surface area contributed by atoms with Gasteiger partial charge in [-0.15, -0.1) is 0 Å². The van der Waals surface area contributed by atoms with Gasteiger partial charge in [0.05, 0.1) is 11.8 Å². The number of hydrogen-bond donors (Lipinski definition) is 1. The van der Waals surface area contributed by atoms with Crippen molar-refractivity contribution in [2.24, 2.45) is 0 Å². The van der Waals surface area contributed by atoms with Gasteiger partial charge >= 0.3 is 0 Å². The number of nitrogens with one attached hydrogen (secondary N) is 1. The van der Waals surface area contributed by atoms with Crippen LogP contribution >= 0.6 is 11.6 Å². The van der Waals surface area contributed by atoms with Crippen LogP contribution < -0.4 is 4.72 Å². The summed E-state index contributed by atoms with van der Waals surface area (Å²) in [5.74, 6) is -0.224. The van der Waals surface area contributed by atoms with Gasteiger partial charge in [-0.05, 0) is 18.6 Å². The molecule has 1 atom stereocenters. The zero-order valence-corrected chi connectivity index (χ0v) is 10.2. The van der Waals surface area contributed by atoms with Crippen molar-refractivity contribution in [3.8, 4) is 6.07 Å². The Balaban J connectivity index is 2.82. The fourth-order valence-corrected chi connectivity index (χ4v) is 2.78. The van der Waals surface area contributed by atoms with E-state index in [4.69, 9.17) is 16.9 Å². The number of nitriles is 1. The molecule has 0 spiro atoms. The molecule has 86 valence electrons. The highest BCUT2D eigenvalue weighted by Crippen LogP contribution is 2.17. The highest BCUT2D eigenvalue weighted by Gasteiger charge is 2.16. The molecule has 0 amide bonds. The maximum absolute atomic E-state index is 11.6. The van der Waals surface area contributed by atoms with E-state index in [2.05, 4.69) is 4.72 Å². The molecule has 4 nitrogen and oxygen atoms in total. The van der Waals surface area contributed by atoms with Crippen molar-refractivity contribution in [3.63, 3.8) is 0 Å². The normalized spacial score (nSPS) is 13.1. The molecule has 1 rings (SSSR count). The molecule has 0 aliphatic rings. The van der Waals surface area contributed by atoms with Crippen molar-refractivity contribution in [2.45, 2.75) is 18.7 Å². The predicted molar refractivity (Wildman–Crippen MR) is 62.3 cm³/mol. The van der Waals surface area contributed by atoms with E-state index in [1.54, 1.807) is 30.3 Å². The molecule has 0 bridgehead atoms. The average molecular weight is 259 g/mol. The number of benzene rings is 1. The van der Waals surface area contributed by atoms with Gasteiger partial charge in [0, 0.05) is 5.02 Å². The molecule has 1 unspecified atom stereocenters. The number of sulfonamides is 1. The molecule has 0 fully saturated rings. The van der Waals surface area contributed by atoms with Crippen LogP contribution in [-0.4, -0.2) is 14.5 Å². The van der Waals surface area contributed by atoms with E-state index in [-0.39, 0.29) is 5.75 Å². The molecule has 0 aliphatic carbocycles. The smallest absolute Gasteiger partial charge is 0.212 e. The van der Waals surface area contributed by atoms with Gasteiger partial charge in [0.15, 0.2) is 0 Å². The monoisotopic (exact) mass is 258 g/mol. The van der Waals surface area contributed by atoms with Crippen LogP contribution in [0.2, 0.25) is 5.02 Å². The fourth-order valence-electron chi connectivity index (χ4n) is 1.16. The fraction of sp³-hybridized carbons (Fsp3) is 0.300. The zero-order chi connectivity index (χ0) is 12.2. The summed E-state index contributed by atoms with van der Waals surface area (Å²) in [4.78, 5) is 0. The van der Waals surface area contributed by atoms with Gasteiger partial charge in [-0.2, -0.15) is 9.98 Å². The minimum atomic E-state index is -3.53. The summed E-state index contributed by atoms with van der Waals surface area (Å²) in [7, 11) is -3.53. The van der Waals surface area contributed by atoms with E-state index in [0.29, 0.717) is 10.6 Å². The highest BCUT2D eigenvalue weighted by molar-refractivity contribution is 7.88. The van der Waals surface area contributed by atoms with Crippen molar-refractivity contribution in [3.05, 3.63) is 34.9 Å². The quantitative estimate of drug-likeness (QED) is 0.893. The highest BCUT2D eigenvalue weighted by atomic mass is 35.5. The van der Waals surface area contributed by atoms with Gasteiger partial charge < -0.3 is 0 Å². The average Bonchev–Trinajstić information content (AvgIpc) is 2.20. The van der Waals surface area contributed by atoms with E-state index in [0.717, 1.165) is 0 Å². The Kier molecular flexibility index (Phi) is 4.30. The summed E-state index contributed by atoms with van der Waals surface area (Å²) in [6.07, 6.45) is 0. The first-order valence-corrected chi connectivity index (χ1v) is 6.60. The summed E-state index contributed by atoms with van der Waals surface area (Å²) in [6, 6.07) is 7.76. The second-order valence-corrected chi connectivity index (χ2v) is 5.48. The molecule has 1 N–H and O–H groups in total. The molecule has 1 aromatic rings. The molecular formula is C10H11ClN2O2S. The first-order chi connectivity index (χ1) is 7.44. The molecule has 0 aliphatic heterocycles. The molecule has 0 saturated heterocycles. The second kappa shape index (κ2) is 5.30. The van der Waals surface area contributed by atoms with Crippen LogP contribution in [0.3, 0.4) is 0 Å². The lowest BCUT2D eigenvalue weighted by atomic mass is 10.2. The van der Waals surface area contributed by atoms with Crippen LogP contribution in [0.5, 0.6) is 0 Å².